The Morgan fingerprint density at radius 2 is 1.65 bits per heavy atom. The summed E-state index contributed by atoms with van der Waals surface area (Å²) in [5.74, 6) is 0.377. The third kappa shape index (κ3) is 3.67. The van der Waals surface area contributed by atoms with Gasteiger partial charge in [-0.15, -0.1) is 0 Å². The Morgan fingerprint density at radius 3 is 2.30 bits per heavy atom. The molecule has 1 aromatic rings. The van der Waals surface area contributed by atoms with E-state index in [1.54, 1.807) is 0 Å². The molecule has 0 saturated carbocycles. The molecular formula is C16H24N3O3S+. The van der Waals surface area contributed by atoms with Crippen LogP contribution in [0, 0.1) is 0 Å². The van der Waals surface area contributed by atoms with Crippen molar-refractivity contribution in [3.63, 3.8) is 0 Å². The van der Waals surface area contributed by atoms with Crippen LogP contribution in [-0.2, 0) is 9.84 Å². The van der Waals surface area contributed by atoms with Gasteiger partial charge in [0.15, 0.2) is 9.84 Å². The van der Waals surface area contributed by atoms with Gasteiger partial charge in [-0.2, -0.15) is 0 Å². The van der Waals surface area contributed by atoms with Gasteiger partial charge in [0.2, 0.25) is 0 Å². The summed E-state index contributed by atoms with van der Waals surface area (Å²) < 4.78 is 23.2. The number of rotatable bonds is 2. The van der Waals surface area contributed by atoms with E-state index in [0.717, 1.165) is 31.9 Å². The lowest BCUT2D eigenvalue weighted by atomic mass is 10.1. The fourth-order valence-corrected chi connectivity index (χ4v) is 4.35. The number of quaternary nitrogens is 1. The Kier molecular flexibility index (Phi) is 4.59. The Balaban J connectivity index is 1.79. The topological polar surface area (TPSA) is 62.1 Å². The van der Waals surface area contributed by atoms with Crippen LogP contribution in [0.3, 0.4) is 0 Å². The first kappa shape index (κ1) is 16.3. The summed E-state index contributed by atoms with van der Waals surface area (Å²) in [4.78, 5) is 18.2. The molecule has 126 valence electrons. The average Bonchev–Trinajstić information content (AvgIpc) is 2.55. The van der Waals surface area contributed by atoms with Gasteiger partial charge < -0.3 is 14.7 Å². The zero-order valence-electron chi connectivity index (χ0n) is 13.5. The zero-order chi connectivity index (χ0) is 16.4. The highest BCUT2D eigenvalue weighted by atomic mass is 32.2. The van der Waals surface area contributed by atoms with Gasteiger partial charge in [-0.1, -0.05) is 12.1 Å². The van der Waals surface area contributed by atoms with Gasteiger partial charge in [0, 0.05) is 18.8 Å². The number of carbonyl (C=O) groups excluding carboxylic acids is 1. The maximum atomic E-state index is 12.9. The molecule has 7 heteroatoms. The quantitative estimate of drug-likeness (QED) is 0.743. The van der Waals surface area contributed by atoms with Gasteiger partial charge in [-0.25, -0.2) is 8.42 Å². The number of benzene rings is 1. The molecule has 3 rings (SSSR count). The lowest BCUT2D eigenvalue weighted by Gasteiger charge is -2.33. The summed E-state index contributed by atoms with van der Waals surface area (Å²) in [5.41, 5.74) is 1.55. The number of sulfone groups is 1. The van der Waals surface area contributed by atoms with Crippen molar-refractivity contribution in [1.82, 2.24) is 4.90 Å². The van der Waals surface area contributed by atoms with Crippen LogP contribution in [0.1, 0.15) is 10.4 Å². The summed E-state index contributed by atoms with van der Waals surface area (Å²) in [6.07, 6.45) is 0. The van der Waals surface area contributed by atoms with E-state index in [9.17, 15) is 13.2 Å². The number of piperazine rings is 1. The standard InChI is InChI=1S/C16H23N3O3S/c1-17-6-8-19(9-7-17)16(20)14-4-2-3-5-15(14)18-10-12-23(21,22)13-11-18/h2-5H,6-13H2,1H3/p+1. The third-order valence-corrected chi connectivity index (χ3v) is 6.33. The summed E-state index contributed by atoms with van der Waals surface area (Å²) in [5, 5.41) is 0. The number of likely N-dealkylation sites (N-methyl/N-ethyl adjacent to an activating group) is 1. The van der Waals surface area contributed by atoms with Crippen molar-refractivity contribution in [3.05, 3.63) is 29.8 Å². The van der Waals surface area contributed by atoms with Crippen LogP contribution in [0.2, 0.25) is 0 Å². The molecule has 2 heterocycles. The second kappa shape index (κ2) is 6.49. The molecule has 1 N–H and O–H groups in total. The molecule has 0 radical (unpaired) electrons. The van der Waals surface area contributed by atoms with Gasteiger partial charge in [-0.3, -0.25) is 4.79 Å². The minimum absolute atomic E-state index is 0.0570. The predicted octanol–water partition coefficient (Wildman–Crippen LogP) is -1.11. The lowest BCUT2D eigenvalue weighted by Crippen LogP contribution is -3.12. The van der Waals surface area contributed by atoms with Gasteiger partial charge in [-0.05, 0) is 12.1 Å². The molecule has 0 aliphatic carbocycles. The number of anilines is 1. The predicted molar refractivity (Wildman–Crippen MR) is 89.8 cm³/mol. The van der Waals surface area contributed by atoms with Gasteiger partial charge in [0.25, 0.3) is 5.91 Å². The maximum Gasteiger partial charge on any atom is 0.256 e. The van der Waals surface area contributed by atoms with Crippen LogP contribution in [0.15, 0.2) is 24.3 Å². The van der Waals surface area contributed by atoms with E-state index >= 15 is 0 Å². The van der Waals surface area contributed by atoms with E-state index in [-0.39, 0.29) is 17.4 Å². The number of para-hydroxylation sites is 1. The van der Waals surface area contributed by atoms with E-state index < -0.39 is 9.84 Å². The van der Waals surface area contributed by atoms with Crippen LogP contribution < -0.4 is 9.80 Å². The minimum Gasteiger partial charge on any atom is -0.369 e. The highest BCUT2D eigenvalue weighted by molar-refractivity contribution is 7.91. The molecule has 1 aromatic carbocycles. The normalized spacial score (nSPS) is 22.1. The lowest BCUT2D eigenvalue weighted by molar-refractivity contribution is -0.883. The van der Waals surface area contributed by atoms with E-state index in [1.165, 1.54) is 4.90 Å². The summed E-state index contributed by atoms with van der Waals surface area (Å²) in [7, 11) is -0.780. The van der Waals surface area contributed by atoms with Crippen LogP contribution >= 0.6 is 0 Å². The van der Waals surface area contributed by atoms with Crippen molar-refractivity contribution in [2.24, 2.45) is 0 Å². The number of hydrogen-bond donors (Lipinski definition) is 1. The highest BCUT2D eigenvalue weighted by Gasteiger charge is 2.28. The molecule has 23 heavy (non-hydrogen) atoms. The van der Waals surface area contributed by atoms with Crippen LogP contribution in [0.4, 0.5) is 5.69 Å². The molecule has 0 bridgehead atoms. The summed E-state index contributed by atoms with van der Waals surface area (Å²) in [6.45, 7) is 4.39. The van der Waals surface area contributed by atoms with Gasteiger partial charge in [0.1, 0.15) is 0 Å². The minimum atomic E-state index is -2.92. The first-order valence-electron chi connectivity index (χ1n) is 8.11. The fourth-order valence-electron chi connectivity index (χ4n) is 3.15. The summed E-state index contributed by atoms with van der Waals surface area (Å²) >= 11 is 0. The second-order valence-corrected chi connectivity index (χ2v) is 8.71. The van der Waals surface area contributed by atoms with Crippen molar-refractivity contribution >= 4 is 21.4 Å². The number of carbonyl (C=O) groups is 1. The van der Waals surface area contributed by atoms with Crippen LogP contribution in [-0.4, -0.2) is 77.0 Å². The third-order valence-electron chi connectivity index (χ3n) is 4.72. The largest absolute Gasteiger partial charge is 0.369 e. The number of nitrogens with one attached hydrogen (secondary N) is 1. The molecule has 0 unspecified atom stereocenters. The number of amides is 1. The molecule has 0 spiro atoms. The Hall–Kier alpha value is -1.60. The first-order chi connectivity index (χ1) is 11.0. The molecular weight excluding hydrogens is 314 g/mol. The van der Waals surface area contributed by atoms with Crippen LogP contribution in [0.25, 0.3) is 0 Å². The molecule has 1 amide bonds. The second-order valence-electron chi connectivity index (χ2n) is 6.41. The Morgan fingerprint density at radius 1 is 1.04 bits per heavy atom. The van der Waals surface area contributed by atoms with Crippen molar-refractivity contribution in [1.29, 1.82) is 0 Å². The van der Waals surface area contributed by atoms with Crippen molar-refractivity contribution in [2.75, 3.05) is 62.7 Å². The molecule has 2 fully saturated rings. The molecule has 6 nitrogen and oxygen atoms in total. The molecule has 0 aromatic heterocycles. The first-order valence-corrected chi connectivity index (χ1v) is 9.93. The Bertz CT molecular complexity index is 668. The summed E-state index contributed by atoms with van der Waals surface area (Å²) in [6, 6.07) is 7.56. The van der Waals surface area contributed by atoms with Crippen LogP contribution in [0.5, 0.6) is 0 Å². The average molecular weight is 338 g/mol. The van der Waals surface area contributed by atoms with Crippen molar-refractivity contribution < 1.29 is 18.1 Å². The molecule has 2 aliphatic heterocycles. The number of hydrogen-bond acceptors (Lipinski definition) is 4. The Labute approximate surface area is 137 Å². The van der Waals surface area contributed by atoms with E-state index in [0.29, 0.717) is 18.7 Å². The van der Waals surface area contributed by atoms with Gasteiger partial charge >= 0.3 is 0 Å². The monoisotopic (exact) mass is 338 g/mol. The SMILES string of the molecule is C[NH+]1CCN(C(=O)c2ccccc2N2CCS(=O)(=O)CC2)CC1. The van der Waals surface area contributed by atoms with E-state index in [2.05, 4.69) is 7.05 Å². The highest BCUT2D eigenvalue weighted by Crippen LogP contribution is 2.24. The van der Waals surface area contributed by atoms with E-state index in [4.69, 9.17) is 0 Å². The van der Waals surface area contributed by atoms with Crippen molar-refractivity contribution in [2.45, 2.75) is 0 Å². The van der Waals surface area contributed by atoms with Crippen molar-refractivity contribution in [3.8, 4) is 0 Å². The zero-order valence-corrected chi connectivity index (χ0v) is 14.3. The van der Waals surface area contributed by atoms with Gasteiger partial charge in [0.05, 0.1) is 50.3 Å². The molecule has 2 aliphatic rings. The maximum absolute atomic E-state index is 12.9. The molecule has 0 atom stereocenters. The fraction of sp³-hybridized carbons (Fsp3) is 0.562. The molecule has 2 saturated heterocycles. The smallest absolute Gasteiger partial charge is 0.256 e. The van der Waals surface area contributed by atoms with E-state index in [1.807, 2.05) is 34.1 Å². The number of nitrogens with zero attached hydrogens (tertiary/aromatic N) is 2.